The van der Waals surface area contributed by atoms with E-state index in [1.807, 2.05) is 30.3 Å². The fourth-order valence-corrected chi connectivity index (χ4v) is 6.60. The lowest BCUT2D eigenvalue weighted by Crippen LogP contribution is -2.32. The molecule has 178 valence electrons. The van der Waals surface area contributed by atoms with Gasteiger partial charge in [0.15, 0.2) is 13.6 Å². The predicted molar refractivity (Wildman–Crippen MR) is 147 cm³/mol. The molecule has 1 heterocycles. The second-order valence-corrected chi connectivity index (χ2v) is 10.5. The van der Waals surface area contributed by atoms with Crippen molar-refractivity contribution < 1.29 is 4.52 Å². The first-order chi connectivity index (χ1) is 16.6. The van der Waals surface area contributed by atoms with Crippen LogP contribution in [0.2, 0.25) is 0 Å². The summed E-state index contributed by atoms with van der Waals surface area (Å²) in [6.45, 7) is 7.77. The lowest BCUT2D eigenvalue weighted by Gasteiger charge is -2.35. The molecule has 1 aliphatic rings. The molecule has 1 fully saturated rings. The number of anilines is 1. The molecule has 2 unspecified atom stereocenters. The fraction of sp³-hybridized carbons (Fsp3) is 0.296. The molecule has 3 aromatic carbocycles. The van der Waals surface area contributed by atoms with Crippen molar-refractivity contribution in [2.75, 3.05) is 31.6 Å². The van der Waals surface area contributed by atoms with Crippen molar-refractivity contribution in [1.82, 2.24) is 14.7 Å². The van der Waals surface area contributed by atoms with Gasteiger partial charge in [-0.1, -0.05) is 78.9 Å². The van der Waals surface area contributed by atoms with Gasteiger partial charge in [0.2, 0.25) is 0 Å². The maximum absolute atomic E-state index is 6.58. The molecule has 2 N–H and O–H groups in total. The molecule has 0 saturated carbocycles. The molecule has 0 spiro atoms. The Bertz CT molecular complexity index is 971. The first-order valence-corrected chi connectivity index (χ1v) is 13.4. The molecule has 7 heteroatoms. The average molecular weight is 493 g/mol. The Morgan fingerprint density at radius 1 is 0.824 bits per heavy atom. The Balaban J connectivity index is 1.40. The van der Waals surface area contributed by atoms with Crippen LogP contribution in [0.15, 0.2) is 91.0 Å². The zero-order valence-corrected chi connectivity index (χ0v) is 21.5. The van der Waals surface area contributed by atoms with Gasteiger partial charge < -0.3 is 15.2 Å². The van der Waals surface area contributed by atoms with Crippen LogP contribution in [0.4, 0.5) is 5.69 Å². The van der Waals surface area contributed by atoms with Gasteiger partial charge in [-0.3, -0.25) is 0 Å². The molecule has 5 nitrogen and oxygen atoms in total. The Kier molecular flexibility index (Phi) is 9.03. The lowest BCUT2D eigenvalue weighted by atomic mass is 10.1. The number of rotatable bonds is 9. The number of para-hydroxylation sites is 1. The summed E-state index contributed by atoms with van der Waals surface area (Å²) >= 11 is 5.45. The molecule has 1 saturated heterocycles. The molecule has 1 aliphatic heterocycles. The minimum atomic E-state index is -0.914. The van der Waals surface area contributed by atoms with Crippen LogP contribution in [0, 0.1) is 0 Å². The summed E-state index contributed by atoms with van der Waals surface area (Å²) in [5.74, 6) is 0. The predicted octanol–water partition coefficient (Wildman–Crippen LogP) is 6.36. The SMILES string of the molecule is CC(c1ccccc1)N1CCN(C(C)c2ccccc2)P1OCCNC(=S)Nc1ccccc1. The van der Waals surface area contributed by atoms with Gasteiger partial charge in [-0.05, 0) is 49.3 Å². The Morgan fingerprint density at radius 3 is 1.79 bits per heavy atom. The molecule has 34 heavy (non-hydrogen) atoms. The first-order valence-electron chi connectivity index (χ1n) is 11.8. The number of thiocarbonyl (C=S) groups is 1. The van der Waals surface area contributed by atoms with Gasteiger partial charge in [-0.2, -0.15) is 0 Å². The van der Waals surface area contributed by atoms with Gasteiger partial charge >= 0.3 is 0 Å². The van der Waals surface area contributed by atoms with Gasteiger partial charge in [0, 0.05) is 37.4 Å². The largest absolute Gasteiger partial charge is 0.360 e. The second-order valence-electron chi connectivity index (χ2n) is 8.33. The molecule has 0 radical (unpaired) electrons. The van der Waals surface area contributed by atoms with Crippen molar-refractivity contribution >= 4 is 31.5 Å². The molecular weight excluding hydrogens is 459 g/mol. The number of nitrogens with one attached hydrogen (secondary N) is 2. The number of hydrogen-bond donors (Lipinski definition) is 2. The van der Waals surface area contributed by atoms with Crippen LogP contribution in [0.25, 0.3) is 0 Å². The van der Waals surface area contributed by atoms with Crippen molar-refractivity contribution in [3.8, 4) is 0 Å². The van der Waals surface area contributed by atoms with Gasteiger partial charge in [0.1, 0.15) is 0 Å². The van der Waals surface area contributed by atoms with E-state index in [0.29, 0.717) is 18.3 Å². The maximum Gasteiger partial charge on any atom is 0.189 e. The van der Waals surface area contributed by atoms with E-state index in [4.69, 9.17) is 16.7 Å². The maximum atomic E-state index is 6.58. The molecule has 4 rings (SSSR count). The van der Waals surface area contributed by atoms with E-state index < -0.39 is 8.45 Å². The zero-order chi connectivity index (χ0) is 23.8. The third-order valence-electron chi connectivity index (χ3n) is 6.08. The fourth-order valence-electron chi connectivity index (χ4n) is 4.15. The normalized spacial score (nSPS) is 18.4. The Labute approximate surface area is 210 Å². The van der Waals surface area contributed by atoms with E-state index >= 15 is 0 Å². The topological polar surface area (TPSA) is 39.8 Å². The van der Waals surface area contributed by atoms with Crippen LogP contribution in [-0.4, -0.2) is 40.7 Å². The highest BCUT2D eigenvalue weighted by Gasteiger charge is 2.39. The van der Waals surface area contributed by atoms with Crippen LogP contribution >= 0.6 is 20.7 Å². The lowest BCUT2D eigenvalue weighted by molar-refractivity contribution is 0.275. The van der Waals surface area contributed by atoms with Gasteiger partial charge in [-0.15, -0.1) is 0 Å². The van der Waals surface area contributed by atoms with E-state index in [0.717, 1.165) is 18.8 Å². The number of nitrogens with zero attached hydrogens (tertiary/aromatic N) is 2. The first kappa shape index (κ1) is 24.8. The highest BCUT2D eigenvalue weighted by atomic mass is 32.1. The molecule has 0 aliphatic carbocycles. The smallest absolute Gasteiger partial charge is 0.189 e. The van der Waals surface area contributed by atoms with E-state index in [9.17, 15) is 0 Å². The number of benzene rings is 3. The van der Waals surface area contributed by atoms with Crippen LogP contribution in [0.5, 0.6) is 0 Å². The Hall–Kier alpha value is -2.34. The molecule has 0 bridgehead atoms. The van der Waals surface area contributed by atoms with Crippen LogP contribution in [0.1, 0.15) is 37.1 Å². The van der Waals surface area contributed by atoms with Crippen LogP contribution < -0.4 is 10.6 Å². The monoisotopic (exact) mass is 492 g/mol. The third kappa shape index (κ3) is 6.41. The van der Waals surface area contributed by atoms with E-state index in [2.05, 4.69) is 94.5 Å². The molecule has 0 amide bonds. The number of hydrogen-bond acceptors (Lipinski definition) is 4. The van der Waals surface area contributed by atoms with Crippen molar-refractivity contribution in [2.45, 2.75) is 25.9 Å². The second kappa shape index (κ2) is 12.4. The van der Waals surface area contributed by atoms with Crippen molar-refractivity contribution in [3.05, 3.63) is 102 Å². The quantitative estimate of drug-likeness (QED) is 0.206. The molecule has 0 aromatic heterocycles. The van der Waals surface area contributed by atoms with Gasteiger partial charge in [0.25, 0.3) is 0 Å². The van der Waals surface area contributed by atoms with Crippen LogP contribution in [-0.2, 0) is 4.52 Å². The summed E-state index contributed by atoms with van der Waals surface area (Å²) in [5.41, 5.74) is 3.62. The zero-order valence-electron chi connectivity index (χ0n) is 19.8. The van der Waals surface area contributed by atoms with E-state index in [-0.39, 0.29) is 12.1 Å². The summed E-state index contributed by atoms with van der Waals surface area (Å²) in [6, 6.07) is 31.9. The van der Waals surface area contributed by atoms with Crippen molar-refractivity contribution in [2.24, 2.45) is 0 Å². The molecular formula is C27H33N4OPS. The average Bonchev–Trinajstić information content (AvgIpc) is 3.31. The summed E-state index contributed by atoms with van der Waals surface area (Å²) < 4.78 is 11.6. The molecule has 2 atom stereocenters. The summed E-state index contributed by atoms with van der Waals surface area (Å²) in [4.78, 5) is 0. The van der Waals surface area contributed by atoms with Gasteiger partial charge in [-0.25, -0.2) is 9.34 Å². The van der Waals surface area contributed by atoms with Crippen molar-refractivity contribution in [1.29, 1.82) is 0 Å². The highest BCUT2D eigenvalue weighted by Crippen LogP contribution is 2.56. The minimum Gasteiger partial charge on any atom is -0.360 e. The molecule has 3 aromatic rings. The summed E-state index contributed by atoms with van der Waals surface area (Å²) in [7, 11) is -0.914. The standard InChI is InChI=1S/C27H33N4OPS/c1-22(24-12-6-3-7-13-24)30-19-20-31(23(2)25-14-8-4-9-15-25)33(30)32-21-18-28-27(34)29-26-16-10-5-11-17-26/h3-17,22-23H,18-21H2,1-2H3,(H2,28,29,34). The minimum absolute atomic E-state index is 0.286. The Morgan fingerprint density at radius 2 is 1.29 bits per heavy atom. The summed E-state index contributed by atoms with van der Waals surface area (Å²) in [6.07, 6.45) is 0. The van der Waals surface area contributed by atoms with E-state index in [1.165, 1.54) is 11.1 Å². The summed E-state index contributed by atoms with van der Waals surface area (Å²) in [5, 5.41) is 7.10. The highest BCUT2D eigenvalue weighted by molar-refractivity contribution is 7.80. The van der Waals surface area contributed by atoms with E-state index in [1.54, 1.807) is 0 Å². The van der Waals surface area contributed by atoms with Crippen LogP contribution in [0.3, 0.4) is 0 Å². The third-order valence-corrected chi connectivity index (χ3v) is 8.71. The van der Waals surface area contributed by atoms with Crippen molar-refractivity contribution in [3.63, 3.8) is 0 Å². The van der Waals surface area contributed by atoms with Gasteiger partial charge in [0.05, 0.1) is 6.61 Å².